The van der Waals surface area contributed by atoms with E-state index in [4.69, 9.17) is 9.47 Å². The fourth-order valence-electron chi connectivity index (χ4n) is 2.71. The molecule has 0 unspecified atom stereocenters. The molecule has 0 bridgehead atoms. The van der Waals surface area contributed by atoms with E-state index < -0.39 is 0 Å². The van der Waals surface area contributed by atoms with Gasteiger partial charge in [-0.25, -0.2) is 4.79 Å². The van der Waals surface area contributed by atoms with Crippen LogP contribution in [-0.4, -0.2) is 25.6 Å². The Labute approximate surface area is 154 Å². The molecule has 0 aliphatic carbocycles. The maximum absolute atomic E-state index is 12.2. The van der Waals surface area contributed by atoms with E-state index in [1.54, 1.807) is 32.2 Å². The van der Waals surface area contributed by atoms with Crippen LogP contribution in [0.5, 0.6) is 5.75 Å². The molecule has 0 fully saturated rings. The van der Waals surface area contributed by atoms with Gasteiger partial charge in [0.1, 0.15) is 5.75 Å². The van der Waals surface area contributed by atoms with Crippen LogP contribution in [-0.2, 0) is 16.0 Å². The average Bonchev–Trinajstić information content (AvgIpc) is 2.62. The van der Waals surface area contributed by atoms with Gasteiger partial charge in [-0.2, -0.15) is 0 Å². The third kappa shape index (κ3) is 5.09. The number of aryl methyl sites for hydroxylation is 3. The van der Waals surface area contributed by atoms with Gasteiger partial charge in [0.15, 0.2) is 0 Å². The summed E-state index contributed by atoms with van der Waals surface area (Å²) in [5, 5.41) is 2.90. The average molecular weight is 355 g/mol. The predicted molar refractivity (Wildman–Crippen MR) is 102 cm³/mol. The molecule has 1 amide bonds. The van der Waals surface area contributed by atoms with Crippen molar-refractivity contribution in [2.45, 2.75) is 33.6 Å². The normalized spacial score (nSPS) is 10.3. The quantitative estimate of drug-likeness (QED) is 0.761. The largest absolute Gasteiger partial charge is 0.496 e. The van der Waals surface area contributed by atoms with Gasteiger partial charge in [0, 0.05) is 12.1 Å². The number of anilines is 1. The summed E-state index contributed by atoms with van der Waals surface area (Å²) in [4.78, 5) is 24.0. The minimum atomic E-state index is -0.358. The van der Waals surface area contributed by atoms with E-state index in [0.29, 0.717) is 30.7 Å². The first-order valence-electron chi connectivity index (χ1n) is 8.65. The van der Waals surface area contributed by atoms with Crippen molar-refractivity contribution >= 4 is 17.6 Å². The molecule has 0 saturated heterocycles. The molecular weight excluding hydrogens is 330 g/mol. The zero-order valence-corrected chi connectivity index (χ0v) is 15.7. The number of amides is 1. The Balaban J connectivity index is 1.95. The van der Waals surface area contributed by atoms with Gasteiger partial charge >= 0.3 is 5.97 Å². The van der Waals surface area contributed by atoms with Crippen molar-refractivity contribution in [3.63, 3.8) is 0 Å². The van der Waals surface area contributed by atoms with E-state index >= 15 is 0 Å². The number of esters is 1. The maximum Gasteiger partial charge on any atom is 0.338 e. The molecule has 2 aromatic carbocycles. The summed E-state index contributed by atoms with van der Waals surface area (Å²) in [6.45, 7) is 5.94. The van der Waals surface area contributed by atoms with Crippen LogP contribution in [0.3, 0.4) is 0 Å². The van der Waals surface area contributed by atoms with Crippen molar-refractivity contribution < 1.29 is 19.1 Å². The van der Waals surface area contributed by atoms with E-state index in [1.165, 1.54) is 0 Å². The second-order valence-electron chi connectivity index (χ2n) is 6.10. The molecule has 138 valence electrons. The zero-order valence-electron chi connectivity index (χ0n) is 15.7. The summed E-state index contributed by atoms with van der Waals surface area (Å²) in [5.74, 6) is 0.421. The van der Waals surface area contributed by atoms with Gasteiger partial charge < -0.3 is 14.8 Å². The minimum Gasteiger partial charge on any atom is -0.496 e. The number of hydrogen-bond acceptors (Lipinski definition) is 4. The zero-order chi connectivity index (χ0) is 19.1. The van der Waals surface area contributed by atoms with Crippen LogP contribution in [0.15, 0.2) is 36.4 Å². The maximum atomic E-state index is 12.2. The highest BCUT2D eigenvalue weighted by Crippen LogP contribution is 2.20. The second-order valence-corrected chi connectivity index (χ2v) is 6.10. The van der Waals surface area contributed by atoms with Gasteiger partial charge in [-0.05, 0) is 68.1 Å². The molecule has 0 heterocycles. The number of carbonyl (C=O) groups is 2. The summed E-state index contributed by atoms with van der Waals surface area (Å²) in [7, 11) is 1.64. The lowest BCUT2D eigenvalue weighted by molar-refractivity contribution is -0.116. The Morgan fingerprint density at radius 3 is 2.42 bits per heavy atom. The van der Waals surface area contributed by atoms with Crippen LogP contribution in [0, 0.1) is 13.8 Å². The van der Waals surface area contributed by atoms with Gasteiger partial charge in [0.2, 0.25) is 5.91 Å². The van der Waals surface area contributed by atoms with Crippen LogP contribution in [0.2, 0.25) is 0 Å². The van der Waals surface area contributed by atoms with Gasteiger partial charge in [0.05, 0.1) is 19.3 Å². The van der Waals surface area contributed by atoms with Crippen molar-refractivity contribution in [1.82, 2.24) is 0 Å². The second kappa shape index (κ2) is 9.04. The highest BCUT2D eigenvalue weighted by molar-refractivity contribution is 5.94. The lowest BCUT2D eigenvalue weighted by Gasteiger charge is -2.11. The third-order valence-electron chi connectivity index (χ3n) is 4.11. The van der Waals surface area contributed by atoms with E-state index in [9.17, 15) is 9.59 Å². The molecule has 26 heavy (non-hydrogen) atoms. The number of nitrogens with one attached hydrogen (secondary N) is 1. The Kier molecular flexibility index (Phi) is 6.78. The first-order chi connectivity index (χ1) is 12.4. The van der Waals surface area contributed by atoms with Crippen LogP contribution in [0.25, 0.3) is 0 Å². The van der Waals surface area contributed by atoms with E-state index in [0.717, 1.165) is 22.4 Å². The molecule has 0 radical (unpaired) electrons. The number of methoxy groups -OCH3 is 1. The molecule has 0 saturated carbocycles. The minimum absolute atomic E-state index is 0.0644. The Hall–Kier alpha value is -2.82. The molecule has 0 atom stereocenters. The number of ether oxygens (including phenoxy) is 2. The van der Waals surface area contributed by atoms with Crippen LogP contribution in [0.1, 0.15) is 40.4 Å². The first-order valence-corrected chi connectivity index (χ1v) is 8.65. The fraction of sp³-hybridized carbons (Fsp3) is 0.333. The Morgan fingerprint density at radius 2 is 1.81 bits per heavy atom. The molecule has 5 nitrogen and oxygen atoms in total. The van der Waals surface area contributed by atoms with Crippen LogP contribution >= 0.6 is 0 Å². The number of rotatable bonds is 7. The highest BCUT2D eigenvalue weighted by atomic mass is 16.5. The summed E-state index contributed by atoms with van der Waals surface area (Å²) in [6, 6.07) is 11.0. The molecule has 0 aliphatic rings. The van der Waals surface area contributed by atoms with Gasteiger partial charge in [-0.15, -0.1) is 0 Å². The molecule has 0 aromatic heterocycles. The number of benzene rings is 2. The monoisotopic (exact) mass is 355 g/mol. The van der Waals surface area contributed by atoms with Crippen LogP contribution in [0.4, 0.5) is 5.69 Å². The third-order valence-corrected chi connectivity index (χ3v) is 4.11. The van der Waals surface area contributed by atoms with E-state index in [-0.39, 0.29) is 11.9 Å². The molecule has 5 heteroatoms. The first kappa shape index (κ1) is 19.5. The Bertz CT molecular complexity index is 799. The molecule has 1 N–H and O–H groups in total. The van der Waals surface area contributed by atoms with Crippen molar-refractivity contribution in [3.8, 4) is 5.75 Å². The van der Waals surface area contributed by atoms with Crippen LogP contribution < -0.4 is 10.1 Å². The standard InChI is InChI=1S/C21H25NO4/c1-5-26-21(24)17-8-9-18(14(2)13-17)22-20(23)11-7-16-6-10-19(25-4)15(3)12-16/h6,8-10,12-13H,5,7,11H2,1-4H3,(H,22,23). The topological polar surface area (TPSA) is 64.6 Å². The smallest absolute Gasteiger partial charge is 0.338 e. The van der Waals surface area contributed by atoms with Crippen molar-refractivity contribution in [3.05, 3.63) is 58.7 Å². The molecular formula is C21H25NO4. The molecule has 0 spiro atoms. The summed E-state index contributed by atoms with van der Waals surface area (Å²) in [5.41, 5.74) is 4.15. The SMILES string of the molecule is CCOC(=O)c1ccc(NC(=O)CCc2ccc(OC)c(C)c2)c(C)c1. The van der Waals surface area contributed by atoms with Crippen molar-refractivity contribution in [2.24, 2.45) is 0 Å². The van der Waals surface area contributed by atoms with Crippen molar-refractivity contribution in [1.29, 1.82) is 0 Å². The van der Waals surface area contributed by atoms with Gasteiger partial charge in [-0.1, -0.05) is 12.1 Å². The van der Waals surface area contributed by atoms with Crippen molar-refractivity contribution in [2.75, 3.05) is 19.0 Å². The Morgan fingerprint density at radius 1 is 1.04 bits per heavy atom. The number of carbonyl (C=O) groups excluding carboxylic acids is 2. The molecule has 2 rings (SSSR count). The van der Waals surface area contributed by atoms with E-state index in [2.05, 4.69) is 5.32 Å². The molecule has 0 aliphatic heterocycles. The lowest BCUT2D eigenvalue weighted by Crippen LogP contribution is -2.14. The summed E-state index contributed by atoms with van der Waals surface area (Å²) in [6.07, 6.45) is 1.03. The lowest BCUT2D eigenvalue weighted by atomic mass is 10.1. The summed E-state index contributed by atoms with van der Waals surface area (Å²) >= 11 is 0. The van der Waals surface area contributed by atoms with E-state index in [1.807, 2.05) is 32.0 Å². The summed E-state index contributed by atoms with van der Waals surface area (Å²) < 4.78 is 10.2. The highest BCUT2D eigenvalue weighted by Gasteiger charge is 2.10. The predicted octanol–water partition coefficient (Wildman–Crippen LogP) is 4.06. The fourth-order valence-corrected chi connectivity index (χ4v) is 2.71. The van der Waals surface area contributed by atoms with Gasteiger partial charge in [-0.3, -0.25) is 4.79 Å². The molecule has 2 aromatic rings. The van der Waals surface area contributed by atoms with Gasteiger partial charge in [0.25, 0.3) is 0 Å². The number of hydrogen-bond donors (Lipinski definition) is 1.